The summed E-state index contributed by atoms with van der Waals surface area (Å²) in [6.45, 7) is 14.4. The Bertz CT molecular complexity index is 553. The van der Waals surface area contributed by atoms with Crippen LogP contribution in [0.5, 0.6) is 0 Å². The molecule has 0 spiro atoms. The molecule has 0 heterocycles. The summed E-state index contributed by atoms with van der Waals surface area (Å²) in [7, 11) is 0. The summed E-state index contributed by atoms with van der Waals surface area (Å²) < 4.78 is 21.6. The summed E-state index contributed by atoms with van der Waals surface area (Å²) in [5.74, 6) is 0.299. The Labute approximate surface area is 206 Å². The highest BCUT2D eigenvalue weighted by atomic mass is 16.6. The molecule has 0 fully saturated rings. The number of rotatable bonds is 23. The van der Waals surface area contributed by atoms with E-state index < -0.39 is 0 Å². The molecule has 0 aliphatic rings. The third kappa shape index (κ3) is 18.8. The van der Waals surface area contributed by atoms with Gasteiger partial charge in [0.15, 0.2) is 0 Å². The fraction of sp³-hybridized carbons (Fsp3) is 0.880. The van der Waals surface area contributed by atoms with E-state index in [1.807, 2.05) is 34.6 Å². The minimum Gasteiger partial charge on any atom is -0.379 e. The molecule has 0 aromatic rings. The van der Waals surface area contributed by atoms with Crippen molar-refractivity contribution in [3.8, 4) is 0 Å². The third-order valence-electron chi connectivity index (χ3n) is 5.44. The molecule has 9 nitrogen and oxygen atoms in total. The number of hydrogen-bond acceptors (Lipinski definition) is 7. The van der Waals surface area contributed by atoms with Crippen molar-refractivity contribution in [2.75, 3.05) is 65.9 Å². The first-order valence-electron chi connectivity index (χ1n) is 12.6. The van der Waals surface area contributed by atoms with Gasteiger partial charge in [-0.1, -0.05) is 34.6 Å². The zero-order valence-corrected chi connectivity index (χ0v) is 22.0. The fourth-order valence-electron chi connectivity index (χ4n) is 2.56. The molecular formula is C25H48N2O7. The van der Waals surface area contributed by atoms with Crippen LogP contribution in [0.3, 0.4) is 0 Å². The Morgan fingerprint density at radius 1 is 0.706 bits per heavy atom. The maximum atomic E-state index is 11.9. The third-order valence-corrected chi connectivity index (χ3v) is 5.44. The van der Waals surface area contributed by atoms with Crippen LogP contribution < -0.4 is 10.6 Å². The standard InChI is InChI=1S/C25H48N2O7/c1-6-25(4,5)24(30)27-12-8-7-11-26-23(29)10-14-32-16-18-34-20-19-33-17-15-31-13-9-22(28)21(2)3/h21H,6-20H2,1-5H3,(H,26,29)(H,27,30). The van der Waals surface area contributed by atoms with Crippen LogP contribution in [-0.4, -0.2) is 83.5 Å². The van der Waals surface area contributed by atoms with Crippen LogP contribution in [0.15, 0.2) is 0 Å². The lowest BCUT2D eigenvalue weighted by molar-refractivity contribution is -0.129. The smallest absolute Gasteiger partial charge is 0.225 e. The fourth-order valence-corrected chi connectivity index (χ4v) is 2.56. The highest BCUT2D eigenvalue weighted by Gasteiger charge is 2.24. The summed E-state index contributed by atoms with van der Waals surface area (Å²) in [6.07, 6.45) is 3.21. The minimum atomic E-state index is -0.334. The van der Waals surface area contributed by atoms with Gasteiger partial charge in [-0.3, -0.25) is 14.4 Å². The van der Waals surface area contributed by atoms with E-state index in [-0.39, 0.29) is 28.9 Å². The van der Waals surface area contributed by atoms with Crippen LogP contribution in [0.4, 0.5) is 0 Å². The van der Waals surface area contributed by atoms with Crippen molar-refractivity contribution in [3.05, 3.63) is 0 Å². The molecule has 0 aromatic heterocycles. The molecule has 200 valence electrons. The molecule has 0 aliphatic heterocycles. The van der Waals surface area contributed by atoms with E-state index in [0.717, 1.165) is 19.3 Å². The predicted octanol–water partition coefficient (Wildman–Crippen LogP) is 2.51. The Morgan fingerprint density at radius 3 is 1.62 bits per heavy atom. The Balaban J connectivity index is 3.34. The molecule has 0 unspecified atom stereocenters. The number of Topliss-reactive ketones (excluding diaryl/α,β-unsaturated/α-hetero) is 1. The van der Waals surface area contributed by atoms with Gasteiger partial charge in [-0.05, 0) is 19.3 Å². The maximum absolute atomic E-state index is 11.9. The summed E-state index contributed by atoms with van der Waals surface area (Å²) in [4.78, 5) is 35.2. The maximum Gasteiger partial charge on any atom is 0.225 e. The molecule has 34 heavy (non-hydrogen) atoms. The number of amides is 2. The van der Waals surface area contributed by atoms with E-state index in [9.17, 15) is 14.4 Å². The quantitative estimate of drug-likeness (QED) is 0.213. The van der Waals surface area contributed by atoms with E-state index in [2.05, 4.69) is 10.6 Å². The highest BCUT2D eigenvalue weighted by molar-refractivity contribution is 5.81. The summed E-state index contributed by atoms with van der Waals surface area (Å²) in [6, 6.07) is 0. The van der Waals surface area contributed by atoms with Crippen LogP contribution in [0.25, 0.3) is 0 Å². The second kappa shape index (κ2) is 20.8. The molecule has 0 radical (unpaired) electrons. The SMILES string of the molecule is CCC(C)(C)C(=O)NCCCCNC(=O)CCOCCOCCOCCOCCC(=O)C(C)C. The lowest BCUT2D eigenvalue weighted by Gasteiger charge is -2.21. The molecule has 0 bridgehead atoms. The zero-order valence-electron chi connectivity index (χ0n) is 22.0. The summed E-state index contributed by atoms with van der Waals surface area (Å²) in [5.41, 5.74) is -0.334. The van der Waals surface area contributed by atoms with E-state index in [1.165, 1.54) is 0 Å². The lowest BCUT2D eigenvalue weighted by atomic mass is 9.89. The van der Waals surface area contributed by atoms with Crippen molar-refractivity contribution in [1.29, 1.82) is 0 Å². The molecular weight excluding hydrogens is 440 g/mol. The van der Waals surface area contributed by atoms with Gasteiger partial charge >= 0.3 is 0 Å². The second-order valence-electron chi connectivity index (χ2n) is 9.12. The van der Waals surface area contributed by atoms with Gasteiger partial charge < -0.3 is 29.6 Å². The summed E-state index contributed by atoms with van der Waals surface area (Å²) in [5, 5.41) is 5.80. The van der Waals surface area contributed by atoms with Crippen molar-refractivity contribution in [3.63, 3.8) is 0 Å². The van der Waals surface area contributed by atoms with Crippen LogP contribution in [-0.2, 0) is 33.3 Å². The van der Waals surface area contributed by atoms with Crippen molar-refractivity contribution in [2.45, 2.75) is 66.7 Å². The van der Waals surface area contributed by atoms with E-state index >= 15 is 0 Å². The van der Waals surface area contributed by atoms with Crippen molar-refractivity contribution >= 4 is 17.6 Å². The topological polar surface area (TPSA) is 112 Å². The van der Waals surface area contributed by atoms with E-state index in [4.69, 9.17) is 18.9 Å². The molecule has 2 amide bonds. The van der Waals surface area contributed by atoms with Crippen molar-refractivity contribution in [1.82, 2.24) is 10.6 Å². The van der Waals surface area contributed by atoms with Gasteiger partial charge in [0.1, 0.15) is 5.78 Å². The zero-order chi connectivity index (χ0) is 25.7. The van der Waals surface area contributed by atoms with Gasteiger partial charge in [-0.25, -0.2) is 0 Å². The number of unbranched alkanes of at least 4 members (excludes halogenated alkanes) is 1. The van der Waals surface area contributed by atoms with Gasteiger partial charge in [0, 0.05) is 37.3 Å². The number of hydrogen-bond donors (Lipinski definition) is 2. The average Bonchev–Trinajstić information content (AvgIpc) is 2.80. The van der Waals surface area contributed by atoms with Crippen LogP contribution >= 0.6 is 0 Å². The number of ketones is 1. The van der Waals surface area contributed by atoms with Crippen molar-refractivity contribution < 1.29 is 33.3 Å². The molecule has 0 saturated heterocycles. The average molecular weight is 489 g/mol. The molecule has 0 aliphatic carbocycles. The Morgan fingerprint density at radius 2 is 1.15 bits per heavy atom. The monoisotopic (exact) mass is 488 g/mol. The molecule has 0 aromatic carbocycles. The first-order valence-corrected chi connectivity index (χ1v) is 12.6. The highest BCUT2D eigenvalue weighted by Crippen LogP contribution is 2.19. The predicted molar refractivity (Wildman–Crippen MR) is 132 cm³/mol. The molecule has 0 rings (SSSR count). The van der Waals surface area contributed by atoms with Gasteiger partial charge in [0.05, 0.1) is 52.9 Å². The molecule has 0 saturated carbocycles. The second-order valence-corrected chi connectivity index (χ2v) is 9.12. The van der Waals surface area contributed by atoms with Crippen LogP contribution in [0.1, 0.15) is 66.7 Å². The van der Waals surface area contributed by atoms with E-state index in [0.29, 0.717) is 78.8 Å². The normalized spacial score (nSPS) is 11.6. The number of carbonyl (C=O) groups excluding carboxylic acids is 3. The lowest BCUT2D eigenvalue weighted by Crippen LogP contribution is -2.37. The largest absolute Gasteiger partial charge is 0.379 e. The number of carbonyl (C=O) groups is 3. The van der Waals surface area contributed by atoms with Crippen molar-refractivity contribution in [2.24, 2.45) is 11.3 Å². The Hall–Kier alpha value is -1.55. The van der Waals surface area contributed by atoms with Gasteiger partial charge in [0.2, 0.25) is 11.8 Å². The van der Waals surface area contributed by atoms with Crippen LogP contribution in [0.2, 0.25) is 0 Å². The van der Waals surface area contributed by atoms with Crippen LogP contribution in [0, 0.1) is 11.3 Å². The Kier molecular flexibility index (Phi) is 19.8. The number of nitrogens with one attached hydrogen (secondary N) is 2. The van der Waals surface area contributed by atoms with E-state index in [1.54, 1.807) is 0 Å². The first kappa shape index (κ1) is 32.5. The molecule has 9 heteroatoms. The van der Waals surface area contributed by atoms with Gasteiger partial charge in [-0.15, -0.1) is 0 Å². The number of ether oxygens (including phenoxy) is 4. The minimum absolute atomic E-state index is 0.0405. The van der Waals surface area contributed by atoms with Gasteiger partial charge in [-0.2, -0.15) is 0 Å². The first-order chi connectivity index (χ1) is 16.2. The van der Waals surface area contributed by atoms with Gasteiger partial charge in [0.25, 0.3) is 0 Å². The summed E-state index contributed by atoms with van der Waals surface area (Å²) >= 11 is 0. The molecule has 0 atom stereocenters. The molecule has 2 N–H and O–H groups in total.